The smallest absolute Gasteiger partial charge is 0.220 e. The molecule has 2 heterocycles. The number of rotatable bonds is 8. The summed E-state index contributed by atoms with van der Waals surface area (Å²) >= 11 is 0. The van der Waals surface area contributed by atoms with E-state index in [1.54, 1.807) is 6.07 Å². The molecule has 4 rings (SSSR count). The Bertz CT molecular complexity index is 878. The Morgan fingerprint density at radius 2 is 1.69 bits per heavy atom. The molecular formula is C26H34FN3O2. The number of carbonyl (C=O) groups excluding carboxylic acids is 1. The van der Waals surface area contributed by atoms with E-state index < -0.39 is 0 Å². The lowest BCUT2D eigenvalue weighted by Gasteiger charge is -2.50. The van der Waals surface area contributed by atoms with Crippen molar-refractivity contribution in [2.45, 2.75) is 37.8 Å². The van der Waals surface area contributed by atoms with Crippen molar-refractivity contribution in [3.63, 3.8) is 0 Å². The van der Waals surface area contributed by atoms with Gasteiger partial charge in [-0.2, -0.15) is 0 Å². The van der Waals surface area contributed by atoms with Crippen LogP contribution in [-0.2, 0) is 22.5 Å². The molecule has 172 valence electrons. The van der Waals surface area contributed by atoms with Crippen LogP contribution in [0, 0.1) is 11.7 Å². The molecule has 2 fully saturated rings. The van der Waals surface area contributed by atoms with E-state index in [-0.39, 0.29) is 23.2 Å². The lowest BCUT2D eigenvalue weighted by atomic mass is 9.77. The maximum absolute atomic E-state index is 13.7. The first kappa shape index (κ1) is 22.9. The number of benzene rings is 2. The average Bonchev–Trinajstić information content (AvgIpc) is 2.80. The second-order valence-corrected chi connectivity index (χ2v) is 9.22. The zero-order valence-corrected chi connectivity index (χ0v) is 18.7. The van der Waals surface area contributed by atoms with Crippen molar-refractivity contribution >= 4 is 5.91 Å². The van der Waals surface area contributed by atoms with Crippen molar-refractivity contribution in [3.8, 4) is 0 Å². The first-order chi connectivity index (χ1) is 15.5. The minimum absolute atomic E-state index is 0.0931. The number of piperazine rings is 1. The fourth-order valence-electron chi connectivity index (χ4n) is 5.30. The molecule has 6 heteroatoms. The molecule has 0 aromatic heterocycles. The van der Waals surface area contributed by atoms with E-state index in [9.17, 15) is 9.18 Å². The predicted octanol–water partition coefficient (Wildman–Crippen LogP) is 3.23. The van der Waals surface area contributed by atoms with Crippen LogP contribution >= 0.6 is 0 Å². The maximum Gasteiger partial charge on any atom is 0.220 e. The van der Waals surface area contributed by atoms with Crippen LogP contribution in [-0.4, -0.2) is 60.6 Å². The van der Waals surface area contributed by atoms with Crippen LogP contribution in [0.4, 0.5) is 4.39 Å². The van der Waals surface area contributed by atoms with Crippen molar-refractivity contribution in [2.75, 3.05) is 39.4 Å². The molecule has 32 heavy (non-hydrogen) atoms. The Morgan fingerprint density at radius 3 is 2.34 bits per heavy atom. The molecule has 0 bridgehead atoms. The molecule has 2 saturated heterocycles. The normalized spacial score (nSPS) is 20.7. The first-order valence-electron chi connectivity index (χ1n) is 11.7. The topological polar surface area (TPSA) is 58.8 Å². The van der Waals surface area contributed by atoms with Crippen molar-refractivity contribution in [3.05, 3.63) is 71.5 Å². The summed E-state index contributed by atoms with van der Waals surface area (Å²) in [4.78, 5) is 17.5. The summed E-state index contributed by atoms with van der Waals surface area (Å²) in [6.45, 7) is 6.32. The van der Waals surface area contributed by atoms with Crippen LogP contribution in [0.5, 0.6) is 0 Å². The number of hydrogen-bond acceptors (Lipinski definition) is 4. The van der Waals surface area contributed by atoms with Gasteiger partial charge in [-0.3, -0.25) is 14.6 Å². The van der Waals surface area contributed by atoms with Gasteiger partial charge in [-0.1, -0.05) is 42.5 Å². The Kier molecular flexibility index (Phi) is 7.55. The molecule has 2 N–H and O–H groups in total. The van der Waals surface area contributed by atoms with E-state index in [0.29, 0.717) is 26.1 Å². The fourth-order valence-corrected chi connectivity index (χ4v) is 5.30. The van der Waals surface area contributed by atoms with Crippen LogP contribution in [0.3, 0.4) is 0 Å². The lowest BCUT2D eigenvalue weighted by molar-refractivity contribution is -0.125. The van der Waals surface area contributed by atoms with Gasteiger partial charge in [0.2, 0.25) is 5.91 Å². The van der Waals surface area contributed by atoms with Gasteiger partial charge in [0, 0.05) is 57.4 Å². The summed E-state index contributed by atoms with van der Waals surface area (Å²) in [6.07, 6.45) is 2.97. The SMILES string of the molecule is NC(=O)C(Cc1cccc(F)c1)CC1(N2CCN(Cc3ccccc3)CC2)CCOCC1. The highest BCUT2D eigenvalue weighted by Gasteiger charge is 2.42. The second kappa shape index (κ2) is 10.6. The van der Waals surface area contributed by atoms with Crippen LogP contribution in [0.1, 0.15) is 30.4 Å². The molecule has 2 aromatic carbocycles. The van der Waals surface area contributed by atoms with Crippen molar-refractivity contribution in [1.82, 2.24) is 9.80 Å². The average molecular weight is 440 g/mol. The Labute approximate surface area is 190 Å². The molecule has 0 radical (unpaired) electrons. The largest absolute Gasteiger partial charge is 0.381 e. The van der Waals surface area contributed by atoms with Gasteiger partial charge in [0.15, 0.2) is 0 Å². The fraction of sp³-hybridized carbons (Fsp3) is 0.500. The molecule has 2 aromatic rings. The summed E-state index contributed by atoms with van der Waals surface area (Å²) in [5.74, 6) is -0.902. The monoisotopic (exact) mass is 439 g/mol. The zero-order valence-electron chi connectivity index (χ0n) is 18.7. The van der Waals surface area contributed by atoms with E-state index in [4.69, 9.17) is 10.5 Å². The Morgan fingerprint density at radius 1 is 1.00 bits per heavy atom. The minimum atomic E-state index is -0.322. The number of nitrogens with two attached hydrogens (primary N) is 1. The molecule has 0 spiro atoms. The lowest BCUT2D eigenvalue weighted by Crippen LogP contribution is -2.60. The minimum Gasteiger partial charge on any atom is -0.381 e. The number of ether oxygens (including phenoxy) is 1. The standard InChI is InChI=1S/C26H34FN3O2/c27-24-8-4-7-22(18-24)17-23(25(28)31)19-26(9-15-32-16-10-26)30-13-11-29(12-14-30)20-21-5-2-1-3-6-21/h1-8,18,23H,9-17,19-20H2,(H2,28,31). The Hall–Kier alpha value is -2.28. The van der Waals surface area contributed by atoms with Gasteiger partial charge < -0.3 is 10.5 Å². The van der Waals surface area contributed by atoms with Gasteiger partial charge in [-0.15, -0.1) is 0 Å². The van der Waals surface area contributed by atoms with Crippen LogP contribution in [0.25, 0.3) is 0 Å². The van der Waals surface area contributed by atoms with Crippen LogP contribution in [0.2, 0.25) is 0 Å². The predicted molar refractivity (Wildman–Crippen MR) is 123 cm³/mol. The summed E-state index contributed by atoms with van der Waals surface area (Å²) in [6, 6.07) is 17.1. The molecule has 1 unspecified atom stereocenters. The van der Waals surface area contributed by atoms with Crippen molar-refractivity contribution in [1.29, 1.82) is 0 Å². The first-order valence-corrected chi connectivity index (χ1v) is 11.7. The van der Waals surface area contributed by atoms with Gasteiger partial charge in [0.25, 0.3) is 0 Å². The van der Waals surface area contributed by atoms with E-state index in [1.165, 1.54) is 17.7 Å². The molecule has 2 aliphatic rings. The molecule has 1 amide bonds. The van der Waals surface area contributed by atoms with Gasteiger partial charge in [-0.25, -0.2) is 4.39 Å². The van der Waals surface area contributed by atoms with Crippen LogP contribution < -0.4 is 5.73 Å². The van der Waals surface area contributed by atoms with Crippen molar-refractivity contribution in [2.24, 2.45) is 11.7 Å². The molecule has 0 saturated carbocycles. The number of primary amides is 1. The summed E-state index contributed by atoms with van der Waals surface area (Å²) < 4.78 is 19.4. The van der Waals surface area contributed by atoms with Gasteiger partial charge in [-0.05, 0) is 48.9 Å². The quantitative estimate of drug-likeness (QED) is 0.686. The summed E-state index contributed by atoms with van der Waals surface area (Å²) in [5.41, 5.74) is 7.91. The third kappa shape index (κ3) is 5.74. The molecule has 1 atom stereocenters. The van der Waals surface area contributed by atoms with Crippen LogP contribution in [0.15, 0.2) is 54.6 Å². The molecule has 5 nitrogen and oxygen atoms in total. The number of nitrogens with zero attached hydrogens (tertiary/aromatic N) is 2. The zero-order chi connectivity index (χ0) is 22.4. The van der Waals surface area contributed by atoms with Crippen molar-refractivity contribution < 1.29 is 13.9 Å². The van der Waals surface area contributed by atoms with Gasteiger partial charge >= 0.3 is 0 Å². The summed E-state index contributed by atoms with van der Waals surface area (Å²) in [5, 5.41) is 0. The third-order valence-corrected chi connectivity index (χ3v) is 7.12. The maximum atomic E-state index is 13.7. The van der Waals surface area contributed by atoms with E-state index >= 15 is 0 Å². The molecular weight excluding hydrogens is 405 g/mol. The molecule has 2 aliphatic heterocycles. The van der Waals surface area contributed by atoms with Gasteiger partial charge in [0.1, 0.15) is 5.82 Å². The number of carbonyl (C=O) groups is 1. The summed E-state index contributed by atoms with van der Waals surface area (Å²) in [7, 11) is 0. The number of amides is 1. The highest BCUT2D eigenvalue weighted by molar-refractivity contribution is 5.77. The van der Waals surface area contributed by atoms with Gasteiger partial charge in [0.05, 0.1) is 0 Å². The second-order valence-electron chi connectivity index (χ2n) is 9.22. The molecule has 0 aliphatic carbocycles. The Balaban J connectivity index is 1.44. The van der Waals surface area contributed by atoms with E-state index in [0.717, 1.165) is 51.1 Å². The third-order valence-electron chi connectivity index (χ3n) is 7.12. The highest BCUT2D eigenvalue weighted by Crippen LogP contribution is 2.36. The number of halogens is 1. The van der Waals surface area contributed by atoms with E-state index in [1.807, 2.05) is 6.07 Å². The highest BCUT2D eigenvalue weighted by atomic mass is 19.1. The van der Waals surface area contributed by atoms with E-state index in [2.05, 4.69) is 40.1 Å². The number of hydrogen-bond donors (Lipinski definition) is 1.